The van der Waals surface area contributed by atoms with Crippen molar-refractivity contribution in [3.05, 3.63) is 80.2 Å². The summed E-state index contributed by atoms with van der Waals surface area (Å²) in [5.41, 5.74) is -0.627. The summed E-state index contributed by atoms with van der Waals surface area (Å²) in [5, 5.41) is 18.3. The predicted molar refractivity (Wildman–Crippen MR) is 153 cm³/mol. The second-order valence-electron chi connectivity index (χ2n) is 9.80. The van der Waals surface area contributed by atoms with Crippen molar-refractivity contribution < 1.29 is 19.4 Å². The highest BCUT2D eigenvalue weighted by atomic mass is 16.5. The number of aromatic nitrogens is 1. The van der Waals surface area contributed by atoms with Gasteiger partial charge in [0.15, 0.2) is 5.75 Å². The SMILES string of the molecule is CCc1cc2cc(OC)ccc2c(Nc2ccc(C[C@](CC)(Nc3c(OC(C)C)c(=O)c3=O)C(=O)O)cc2)n1. The Morgan fingerprint density at radius 3 is 2.36 bits per heavy atom. The van der Waals surface area contributed by atoms with Crippen LogP contribution in [0.15, 0.2) is 58.1 Å². The van der Waals surface area contributed by atoms with E-state index in [4.69, 9.17) is 14.5 Å². The van der Waals surface area contributed by atoms with Gasteiger partial charge in [0.25, 0.3) is 10.9 Å². The molecule has 1 heterocycles. The zero-order chi connectivity index (χ0) is 28.3. The van der Waals surface area contributed by atoms with E-state index in [1.54, 1.807) is 27.9 Å². The maximum absolute atomic E-state index is 12.4. The molecular formula is C30H33N3O6. The van der Waals surface area contributed by atoms with Gasteiger partial charge in [-0.2, -0.15) is 0 Å². The number of fused-ring (bicyclic) bond motifs is 1. The molecular weight excluding hydrogens is 498 g/mol. The molecule has 3 aromatic carbocycles. The van der Waals surface area contributed by atoms with E-state index in [-0.39, 0.29) is 30.4 Å². The second-order valence-corrected chi connectivity index (χ2v) is 9.80. The first kappa shape index (κ1) is 27.6. The van der Waals surface area contributed by atoms with Crippen molar-refractivity contribution in [1.29, 1.82) is 0 Å². The molecule has 0 bridgehead atoms. The third-order valence-corrected chi connectivity index (χ3v) is 6.77. The van der Waals surface area contributed by atoms with Crippen molar-refractivity contribution in [2.24, 2.45) is 0 Å². The van der Waals surface area contributed by atoms with E-state index >= 15 is 0 Å². The summed E-state index contributed by atoms with van der Waals surface area (Å²) in [6.07, 6.45) is 0.703. The average Bonchev–Trinajstić information content (AvgIpc) is 2.94. The van der Waals surface area contributed by atoms with Gasteiger partial charge in [-0.3, -0.25) is 9.59 Å². The van der Waals surface area contributed by atoms with Gasteiger partial charge < -0.3 is 25.2 Å². The van der Waals surface area contributed by atoms with Gasteiger partial charge in [-0.05, 0) is 74.0 Å². The number of benzene rings is 2. The molecule has 3 N–H and O–H groups in total. The average molecular weight is 532 g/mol. The number of carboxylic acids is 1. The molecule has 0 aliphatic rings. The topological polar surface area (TPSA) is 127 Å². The number of carbonyl (C=O) groups is 1. The highest BCUT2D eigenvalue weighted by Crippen LogP contribution is 2.31. The Labute approximate surface area is 226 Å². The van der Waals surface area contributed by atoms with Crippen LogP contribution in [0.4, 0.5) is 17.2 Å². The first-order chi connectivity index (χ1) is 18.6. The minimum absolute atomic E-state index is 0.0818. The molecule has 0 spiro atoms. The fourth-order valence-corrected chi connectivity index (χ4v) is 4.50. The zero-order valence-electron chi connectivity index (χ0n) is 22.8. The minimum atomic E-state index is -1.50. The molecule has 0 fully saturated rings. The minimum Gasteiger partial charge on any atom is -0.497 e. The Bertz CT molecular complexity index is 1570. The van der Waals surface area contributed by atoms with Gasteiger partial charge in [0.2, 0.25) is 0 Å². The molecule has 0 radical (unpaired) electrons. The maximum Gasteiger partial charge on any atom is 0.329 e. The van der Waals surface area contributed by atoms with Crippen LogP contribution in [0.5, 0.6) is 11.5 Å². The Balaban J connectivity index is 1.59. The number of methoxy groups -OCH3 is 1. The number of nitrogens with one attached hydrogen (secondary N) is 2. The van der Waals surface area contributed by atoms with Crippen LogP contribution < -0.4 is 31.0 Å². The van der Waals surface area contributed by atoms with Crippen LogP contribution in [0.2, 0.25) is 0 Å². The maximum atomic E-state index is 12.4. The van der Waals surface area contributed by atoms with Gasteiger partial charge in [-0.15, -0.1) is 0 Å². The van der Waals surface area contributed by atoms with Crippen LogP contribution in [0.1, 0.15) is 45.4 Å². The molecule has 9 heteroatoms. The molecule has 0 amide bonds. The number of carboxylic acid groups (broad SMARTS) is 1. The van der Waals surface area contributed by atoms with E-state index in [2.05, 4.69) is 10.6 Å². The van der Waals surface area contributed by atoms with Gasteiger partial charge in [-0.1, -0.05) is 26.0 Å². The number of hydrogen-bond acceptors (Lipinski definition) is 8. The number of pyridine rings is 1. The number of anilines is 3. The van der Waals surface area contributed by atoms with Gasteiger partial charge in [-0.25, -0.2) is 9.78 Å². The molecule has 0 aliphatic carbocycles. The molecule has 1 atom stereocenters. The van der Waals surface area contributed by atoms with Crippen LogP contribution in [-0.4, -0.2) is 34.8 Å². The van der Waals surface area contributed by atoms with Crippen LogP contribution in [-0.2, 0) is 17.6 Å². The third-order valence-electron chi connectivity index (χ3n) is 6.77. The number of ether oxygens (including phenoxy) is 2. The van der Waals surface area contributed by atoms with Crippen LogP contribution in [0, 0.1) is 0 Å². The van der Waals surface area contributed by atoms with Crippen molar-refractivity contribution >= 4 is 33.9 Å². The highest BCUT2D eigenvalue weighted by Gasteiger charge is 2.40. The van der Waals surface area contributed by atoms with E-state index in [9.17, 15) is 19.5 Å². The van der Waals surface area contributed by atoms with Gasteiger partial charge in [0.1, 0.15) is 22.8 Å². The Kier molecular flexibility index (Phi) is 7.90. The van der Waals surface area contributed by atoms with Crippen LogP contribution >= 0.6 is 0 Å². The molecule has 0 saturated heterocycles. The molecule has 0 unspecified atom stereocenters. The van der Waals surface area contributed by atoms with E-state index in [1.807, 2.05) is 55.5 Å². The molecule has 4 aromatic rings. The number of hydrogen-bond donors (Lipinski definition) is 3. The number of rotatable bonds is 12. The first-order valence-electron chi connectivity index (χ1n) is 13.0. The van der Waals surface area contributed by atoms with Crippen LogP contribution in [0.25, 0.3) is 10.8 Å². The Hall–Kier alpha value is -4.40. The summed E-state index contributed by atoms with van der Waals surface area (Å²) in [5.74, 6) is 0.246. The molecule has 39 heavy (non-hydrogen) atoms. The fraction of sp³-hybridized carbons (Fsp3) is 0.333. The molecule has 0 aliphatic heterocycles. The lowest BCUT2D eigenvalue weighted by Gasteiger charge is -2.32. The zero-order valence-corrected chi connectivity index (χ0v) is 22.8. The third kappa shape index (κ3) is 5.57. The fourth-order valence-electron chi connectivity index (χ4n) is 4.50. The van der Waals surface area contributed by atoms with Crippen molar-refractivity contribution in [3.63, 3.8) is 0 Å². The van der Waals surface area contributed by atoms with E-state index in [0.29, 0.717) is 5.82 Å². The number of nitrogens with zero attached hydrogens (tertiary/aromatic N) is 1. The van der Waals surface area contributed by atoms with Crippen molar-refractivity contribution in [2.75, 3.05) is 17.7 Å². The monoisotopic (exact) mass is 531 g/mol. The van der Waals surface area contributed by atoms with E-state index in [0.717, 1.165) is 39.9 Å². The normalized spacial score (nSPS) is 12.9. The largest absolute Gasteiger partial charge is 0.497 e. The van der Waals surface area contributed by atoms with Crippen molar-refractivity contribution in [2.45, 2.75) is 58.6 Å². The summed E-state index contributed by atoms with van der Waals surface area (Å²) in [4.78, 5) is 41.5. The summed E-state index contributed by atoms with van der Waals surface area (Å²) in [6.45, 7) is 7.23. The summed E-state index contributed by atoms with van der Waals surface area (Å²) < 4.78 is 10.8. The predicted octanol–water partition coefficient (Wildman–Crippen LogP) is 4.82. The van der Waals surface area contributed by atoms with Gasteiger partial charge in [0.05, 0.1) is 13.2 Å². The lowest BCUT2D eigenvalue weighted by molar-refractivity contribution is -0.142. The summed E-state index contributed by atoms with van der Waals surface area (Å²) in [7, 11) is 1.63. The van der Waals surface area contributed by atoms with Gasteiger partial charge in [0, 0.05) is 23.2 Å². The highest BCUT2D eigenvalue weighted by molar-refractivity contribution is 5.94. The summed E-state index contributed by atoms with van der Waals surface area (Å²) in [6, 6.07) is 15.3. The summed E-state index contributed by atoms with van der Waals surface area (Å²) >= 11 is 0. The Morgan fingerprint density at radius 1 is 1.05 bits per heavy atom. The molecule has 1 aromatic heterocycles. The van der Waals surface area contributed by atoms with Crippen LogP contribution in [0.3, 0.4) is 0 Å². The standard InChI is InChI=1S/C30H33N3O6/c1-6-20-14-19-15-22(38-5)12-13-23(19)28(31-20)32-21-10-8-18(9-11-21)16-30(7-2,29(36)37)33-24-25(34)26(35)27(24)39-17(3)4/h8-15,17,33H,6-7,16H2,1-5H3,(H,31,32)(H,36,37)/t30-/m0/s1. The second kappa shape index (κ2) is 11.1. The van der Waals surface area contributed by atoms with E-state index < -0.39 is 22.4 Å². The van der Waals surface area contributed by atoms with Crippen molar-refractivity contribution in [1.82, 2.24) is 4.98 Å². The van der Waals surface area contributed by atoms with Crippen molar-refractivity contribution in [3.8, 4) is 11.5 Å². The van der Waals surface area contributed by atoms with E-state index in [1.165, 1.54) is 0 Å². The molecule has 4 rings (SSSR count). The number of aryl methyl sites for hydroxylation is 1. The number of aliphatic carboxylic acids is 1. The Morgan fingerprint density at radius 2 is 1.77 bits per heavy atom. The first-order valence-corrected chi connectivity index (χ1v) is 13.0. The lowest BCUT2D eigenvalue weighted by atomic mass is 9.87. The van der Waals surface area contributed by atoms with Gasteiger partial charge >= 0.3 is 5.97 Å². The quantitative estimate of drug-likeness (QED) is 0.221. The lowest BCUT2D eigenvalue weighted by Crippen LogP contribution is -2.51. The smallest absolute Gasteiger partial charge is 0.329 e. The molecule has 204 valence electrons. The molecule has 9 nitrogen and oxygen atoms in total. The molecule has 0 saturated carbocycles.